The van der Waals surface area contributed by atoms with Gasteiger partial charge in [-0.25, -0.2) is 4.79 Å². The van der Waals surface area contributed by atoms with E-state index in [4.69, 9.17) is 4.74 Å². The number of carbonyl (C=O) groups excluding carboxylic acids is 1. The van der Waals surface area contributed by atoms with E-state index in [1.54, 1.807) is 0 Å². The molecule has 0 saturated heterocycles. The zero-order valence-electron chi connectivity index (χ0n) is 13.2. The van der Waals surface area contributed by atoms with Gasteiger partial charge in [-0.15, -0.1) is 0 Å². The minimum Gasteiger partial charge on any atom is -0.462 e. The zero-order chi connectivity index (χ0) is 15.4. The van der Waals surface area contributed by atoms with E-state index in [9.17, 15) is 4.79 Å². The van der Waals surface area contributed by atoms with Gasteiger partial charge >= 0.3 is 5.97 Å². The quantitative estimate of drug-likeness (QED) is 0.773. The van der Waals surface area contributed by atoms with Crippen LogP contribution >= 0.6 is 0 Å². The molecule has 112 valence electrons. The Morgan fingerprint density at radius 1 is 1.24 bits per heavy atom. The summed E-state index contributed by atoms with van der Waals surface area (Å²) in [5, 5.41) is 0. The molecule has 3 nitrogen and oxygen atoms in total. The van der Waals surface area contributed by atoms with E-state index in [1.165, 1.54) is 5.56 Å². The van der Waals surface area contributed by atoms with E-state index in [0.717, 1.165) is 23.2 Å². The largest absolute Gasteiger partial charge is 0.462 e. The molecule has 2 rings (SSSR count). The lowest BCUT2D eigenvalue weighted by Gasteiger charge is -2.16. The fourth-order valence-corrected chi connectivity index (χ4v) is 2.74. The van der Waals surface area contributed by atoms with Crippen molar-refractivity contribution in [3.05, 3.63) is 58.9 Å². The van der Waals surface area contributed by atoms with E-state index in [-0.39, 0.29) is 12.0 Å². The lowest BCUT2D eigenvalue weighted by Crippen LogP contribution is -2.11. The van der Waals surface area contributed by atoms with Crippen LogP contribution in [0.25, 0.3) is 0 Å². The Kier molecular flexibility index (Phi) is 4.84. The van der Waals surface area contributed by atoms with Crippen molar-refractivity contribution in [1.29, 1.82) is 0 Å². The molecule has 0 amide bonds. The summed E-state index contributed by atoms with van der Waals surface area (Å²) < 4.78 is 7.36. The number of rotatable bonds is 5. The van der Waals surface area contributed by atoms with E-state index in [2.05, 4.69) is 36.7 Å². The topological polar surface area (TPSA) is 31.2 Å². The summed E-state index contributed by atoms with van der Waals surface area (Å²) in [7, 11) is 0. The fourth-order valence-electron chi connectivity index (χ4n) is 2.74. The van der Waals surface area contributed by atoms with Gasteiger partial charge in [0.15, 0.2) is 0 Å². The van der Waals surface area contributed by atoms with Crippen LogP contribution in [-0.2, 0) is 11.2 Å². The lowest BCUT2D eigenvalue weighted by molar-refractivity contribution is 0.0524. The van der Waals surface area contributed by atoms with Crippen LogP contribution in [0.1, 0.15) is 54.0 Å². The van der Waals surface area contributed by atoms with Crippen LogP contribution in [-0.4, -0.2) is 17.1 Å². The standard InChI is InChI=1S/C18H23NO2/c1-5-15-12-19(13(3)16-10-8-7-9-11-16)14(4)17(15)18(20)21-6-2/h7-13H,5-6H2,1-4H3/t13-/m1/s1. The number of benzene rings is 1. The maximum absolute atomic E-state index is 12.2. The molecular weight excluding hydrogens is 262 g/mol. The van der Waals surface area contributed by atoms with Gasteiger partial charge in [-0.3, -0.25) is 0 Å². The van der Waals surface area contributed by atoms with Crippen molar-refractivity contribution in [2.45, 2.75) is 40.2 Å². The molecular formula is C18H23NO2. The highest BCUT2D eigenvalue weighted by Crippen LogP contribution is 2.26. The highest BCUT2D eigenvalue weighted by Gasteiger charge is 2.21. The summed E-state index contributed by atoms with van der Waals surface area (Å²) in [6.45, 7) is 8.44. The number of nitrogens with zero attached hydrogens (tertiary/aromatic N) is 1. The molecule has 3 heteroatoms. The Morgan fingerprint density at radius 2 is 1.90 bits per heavy atom. The summed E-state index contributed by atoms with van der Waals surface area (Å²) in [6.07, 6.45) is 2.91. The van der Waals surface area contributed by atoms with Gasteiger partial charge in [0.2, 0.25) is 0 Å². The van der Waals surface area contributed by atoms with Crippen molar-refractivity contribution in [1.82, 2.24) is 4.57 Å². The van der Waals surface area contributed by atoms with Crippen LogP contribution in [0.2, 0.25) is 0 Å². The van der Waals surface area contributed by atoms with Crippen LogP contribution in [0.15, 0.2) is 36.5 Å². The first-order chi connectivity index (χ1) is 10.1. The van der Waals surface area contributed by atoms with Gasteiger partial charge in [0.05, 0.1) is 18.2 Å². The SMILES string of the molecule is CCOC(=O)c1c(CC)cn([C@H](C)c2ccccc2)c1C. The van der Waals surface area contributed by atoms with Crippen molar-refractivity contribution in [2.24, 2.45) is 0 Å². The van der Waals surface area contributed by atoms with Crippen LogP contribution < -0.4 is 0 Å². The van der Waals surface area contributed by atoms with Gasteiger partial charge in [0, 0.05) is 11.9 Å². The minimum absolute atomic E-state index is 0.194. The third-order valence-corrected chi connectivity index (χ3v) is 3.92. The van der Waals surface area contributed by atoms with Crippen molar-refractivity contribution in [2.75, 3.05) is 6.61 Å². The Bertz CT molecular complexity index is 614. The third kappa shape index (κ3) is 3.02. The smallest absolute Gasteiger partial charge is 0.340 e. The summed E-state index contributed by atoms with van der Waals surface area (Å²) in [4.78, 5) is 12.2. The summed E-state index contributed by atoms with van der Waals surface area (Å²) in [6, 6.07) is 10.5. The van der Waals surface area contributed by atoms with Crippen molar-refractivity contribution in [3.8, 4) is 0 Å². The molecule has 21 heavy (non-hydrogen) atoms. The number of carbonyl (C=O) groups is 1. The first-order valence-electron chi connectivity index (χ1n) is 7.52. The summed E-state index contributed by atoms with van der Waals surface area (Å²) >= 11 is 0. The van der Waals surface area contributed by atoms with E-state index < -0.39 is 0 Å². The minimum atomic E-state index is -0.217. The van der Waals surface area contributed by atoms with Crippen LogP contribution in [0, 0.1) is 6.92 Å². The maximum Gasteiger partial charge on any atom is 0.340 e. The molecule has 0 aliphatic heterocycles. The van der Waals surface area contributed by atoms with Crippen LogP contribution in [0.5, 0.6) is 0 Å². The second-order valence-electron chi connectivity index (χ2n) is 5.18. The number of hydrogen-bond acceptors (Lipinski definition) is 2. The first kappa shape index (κ1) is 15.4. The molecule has 0 saturated carbocycles. The van der Waals surface area contributed by atoms with Crippen LogP contribution in [0.3, 0.4) is 0 Å². The van der Waals surface area contributed by atoms with Gasteiger partial charge in [-0.2, -0.15) is 0 Å². The predicted molar refractivity (Wildman–Crippen MR) is 84.8 cm³/mol. The number of esters is 1. The molecule has 0 aliphatic carbocycles. The van der Waals surface area contributed by atoms with Crippen molar-refractivity contribution < 1.29 is 9.53 Å². The average molecular weight is 285 g/mol. The molecule has 0 bridgehead atoms. The molecule has 0 unspecified atom stereocenters. The van der Waals surface area contributed by atoms with Gasteiger partial charge < -0.3 is 9.30 Å². The van der Waals surface area contributed by atoms with Gasteiger partial charge in [-0.05, 0) is 38.3 Å². The molecule has 0 spiro atoms. The van der Waals surface area contributed by atoms with Gasteiger partial charge in [0.1, 0.15) is 0 Å². The molecule has 0 aliphatic rings. The number of aromatic nitrogens is 1. The van der Waals surface area contributed by atoms with E-state index in [1.807, 2.05) is 32.0 Å². The molecule has 1 aromatic heterocycles. The summed E-state index contributed by atoms with van der Waals surface area (Å²) in [5.41, 5.74) is 3.98. The molecule has 0 N–H and O–H groups in total. The first-order valence-corrected chi connectivity index (χ1v) is 7.52. The van der Waals surface area contributed by atoms with E-state index in [0.29, 0.717) is 6.61 Å². The Hall–Kier alpha value is -2.03. The Balaban J connectivity index is 2.44. The molecule has 2 aromatic rings. The molecule has 0 radical (unpaired) electrons. The lowest BCUT2D eigenvalue weighted by atomic mass is 10.1. The highest BCUT2D eigenvalue weighted by molar-refractivity contribution is 5.92. The second-order valence-corrected chi connectivity index (χ2v) is 5.18. The van der Waals surface area contributed by atoms with Crippen molar-refractivity contribution >= 4 is 5.97 Å². The van der Waals surface area contributed by atoms with Crippen molar-refractivity contribution in [3.63, 3.8) is 0 Å². The molecule has 1 heterocycles. The Morgan fingerprint density at radius 3 is 2.48 bits per heavy atom. The van der Waals surface area contributed by atoms with Gasteiger partial charge in [0.25, 0.3) is 0 Å². The average Bonchev–Trinajstić information content (AvgIpc) is 2.84. The maximum atomic E-state index is 12.2. The number of ether oxygens (including phenoxy) is 1. The second kappa shape index (κ2) is 6.61. The Labute approximate surface area is 126 Å². The molecule has 1 atom stereocenters. The molecule has 1 aromatic carbocycles. The third-order valence-electron chi connectivity index (χ3n) is 3.92. The van der Waals surface area contributed by atoms with E-state index >= 15 is 0 Å². The number of hydrogen-bond donors (Lipinski definition) is 0. The molecule has 0 fully saturated rings. The van der Waals surface area contributed by atoms with Crippen LogP contribution in [0.4, 0.5) is 0 Å². The zero-order valence-corrected chi connectivity index (χ0v) is 13.2. The summed E-state index contributed by atoms with van der Waals surface area (Å²) in [5.74, 6) is -0.217. The monoisotopic (exact) mass is 285 g/mol. The normalized spacial score (nSPS) is 12.2. The predicted octanol–water partition coefficient (Wildman–Crippen LogP) is 4.14. The fraction of sp³-hybridized carbons (Fsp3) is 0.389. The number of aryl methyl sites for hydroxylation is 1. The highest BCUT2D eigenvalue weighted by atomic mass is 16.5. The van der Waals surface area contributed by atoms with Gasteiger partial charge in [-0.1, -0.05) is 37.3 Å².